The first-order valence-electron chi connectivity index (χ1n) is 25.6. The van der Waals surface area contributed by atoms with Crippen molar-refractivity contribution in [3.05, 3.63) is 341 Å². The van der Waals surface area contributed by atoms with Crippen molar-refractivity contribution < 1.29 is 17.6 Å². The third kappa shape index (κ3) is 7.60. The number of fused-ring (bicyclic) bond motifs is 6. The van der Waals surface area contributed by atoms with Crippen molar-refractivity contribution in [3.8, 4) is 44.5 Å². The van der Waals surface area contributed by atoms with Crippen LogP contribution in [-0.4, -0.2) is 0 Å². The Balaban J connectivity index is 1.10. The average molecular weight is 1000 g/mol. The van der Waals surface area contributed by atoms with Gasteiger partial charge < -0.3 is 4.90 Å². The maximum absolute atomic E-state index is 15.9. The molecule has 11 aromatic carbocycles. The van der Waals surface area contributed by atoms with Gasteiger partial charge in [-0.25, -0.2) is 17.6 Å². The summed E-state index contributed by atoms with van der Waals surface area (Å²) in [5, 5.41) is 0. The molecule has 0 saturated heterocycles. The molecule has 2 unspecified atom stereocenters. The van der Waals surface area contributed by atoms with E-state index in [0.717, 1.165) is 118 Å². The van der Waals surface area contributed by atoms with Crippen molar-refractivity contribution >= 4 is 29.2 Å². The molecular formula is C72H47F4N. The van der Waals surface area contributed by atoms with Crippen LogP contribution in [0.3, 0.4) is 0 Å². The molecule has 2 atom stereocenters. The molecule has 368 valence electrons. The SMILES string of the molecule is C=Cc1ccc(C2(c3cc(F)cc(F)c3)c3ccccc3-c3ccc(N(c4cccc(-c5cccc(-c6ccccc6)c5)c4)c4ccc5c(c4)C(c4ccc(C=C)cc4)(c4cc(F)cc(F)c4)c4ccccc4-5)cc32)cc1. The summed E-state index contributed by atoms with van der Waals surface area (Å²) in [5.41, 5.74) is 15.7. The van der Waals surface area contributed by atoms with Crippen molar-refractivity contribution in [1.29, 1.82) is 0 Å². The van der Waals surface area contributed by atoms with Gasteiger partial charge in [-0.05, 0) is 167 Å². The van der Waals surface area contributed by atoms with Gasteiger partial charge in [0.15, 0.2) is 0 Å². The van der Waals surface area contributed by atoms with Gasteiger partial charge in [0.2, 0.25) is 0 Å². The van der Waals surface area contributed by atoms with Gasteiger partial charge in [0.25, 0.3) is 0 Å². The minimum Gasteiger partial charge on any atom is -0.310 e. The monoisotopic (exact) mass is 1000 g/mol. The lowest BCUT2D eigenvalue weighted by Gasteiger charge is -2.36. The molecule has 0 fully saturated rings. The Labute approximate surface area is 445 Å². The Morgan fingerprint density at radius 1 is 0.286 bits per heavy atom. The van der Waals surface area contributed by atoms with Crippen molar-refractivity contribution in [3.63, 3.8) is 0 Å². The Morgan fingerprint density at radius 2 is 0.662 bits per heavy atom. The fraction of sp³-hybridized carbons (Fsp3) is 0.0278. The largest absolute Gasteiger partial charge is 0.310 e. The second-order valence-electron chi connectivity index (χ2n) is 19.9. The average Bonchev–Trinajstić information content (AvgIpc) is 4.01. The molecule has 11 aromatic rings. The summed E-state index contributed by atoms with van der Waals surface area (Å²) in [6.45, 7) is 8.02. The van der Waals surface area contributed by atoms with Crippen LogP contribution in [0.4, 0.5) is 34.6 Å². The lowest BCUT2D eigenvalue weighted by atomic mass is 9.67. The summed E-state index contributed by atoms with van der Waals surface area (Å²) in [6.07, 6.45) is 3.56. The highest BCUT2D eigenvalue weighted by atomic mass is 19.1. The fourth-order valence-electron chi connectivity index (χ4n) is 12.5. The number of hydrogen-bond acceptors (Lipinski definition) is 1. The maximum Gasteiger partial charge on any atom is 0.126 e. The number of benzene rings is 11. The first-order chi connectivity index (χ1) is 37.7. The van der Waals surface area contributed by atoms with E-state index in [1.54, 1.807) is 12.2 Å². The Morgan fingerprint density at radius 3 is 1.13 bits per heavy atom. The van der Waals surface area contributed by atoms with E-state index in [1.165, 1.54) is 24.3 Å². The van der Waals surface area contributed by atoms with E-state index in [9.17, 15) is 0 Å². The number of hydrogen-bond donors (Lipinski definition) is 0. The van der Waals surface area contributed by atoms with Crippen LogP contribution in [-0.2, 0) is 10.8 Å². The molecule has 0 saturated carbocycles. The van der Waals surface area contributed by atoms with Crippen LogP contribution < -0.4 is 4.90 Å². The molecule has 0 aliphatic heterocycles. The Bertz CT molecular complexity index is 3900. The first kappa shape index (κ1) is 47.2. The quantitative estimate of drug-likeness (QED) is 0.117. The highest BCUT2D eigenvalue weighted by Crippen LogP contribution is 2.60. The molecule has 0 heterocycles. The zero-order chi connectivity index (χ0) is 52.4. The molecule has 0 amide bonds. The van der Waals surface area contributed by atoms with E-state index in [-0.39, 0.29) is 0 Å². The number of halogens is 4. The molecule has 0 bridgehead atoms. The maximum atomic E-state index is 15.9. The van der Waals surface area contributed by atoms with Crippen LogP contribution >= 0.6 is 0 Å². The second kappa shape index (κ2) is 18.7. The van der Waals surface area contributed by atoms with E-state index in [1.807, 2.05) is 91.0 Å². The molecule has 13 rings (SSSR count). The van der Waals surface area contributed by atoms with E-state index >= 15 is 17.6 Å². The number of anilines is 3. The smallest absolute Gasteiger partial charge is 0.126 e. The van der Waals surface area contributed by atoms with Crippen LogP contribution in [0.15, 0.2) is 262 Å². The van der Waals surface area contributed by atoms with Gasteiger partial charge in [0.1, 0.15) is 23.3 Å². The summed E-state index contributed by atoms with van der Waals surface area (Å²) < 4.78 is 63.5. The van der Waals surface area contributed by atoms with Gasteiger partial charge in [0, 0.05) is 29.2 Å². The molecule has 5 heteroatoms. The molecule has 1 nitrogen and oxygen atoms in total. The molecule has 0 aromatic heterocycles. The molecule has 77 heavy (non-hydrogen) atoms. The third-order valence-corrected chi connectivity index (χ3v) is 15.7. The van der Waals surface area contributed by atoms with Crippen LogP contribution in [0.1, 0.15) is 55.6 Å². The van der Waals surface area contributed by atoms with Crippen molar-refractivity contribution in [2.24, 2.45) is 0 Å². The van der Waals surface area contributed by atoms with Crippen molar-refractivity contribution in [2.45, 2.75) is 10.8 Å². The summed E-state index contributed by atoms with van der Waals surface area (Å²) in [4.78, 5) is 2.21. The lowest BCUT2D eigenvalue weighted by molar-refractivity contribution is 0.573. The predicted molar refractivity (Wildman–Crippen MR) is 307 cm³/mol. The van der Waals surface area contributed by atoms with Crippen LogP contribution in [0, 0.1) is 23.3 Å². The van der Waals surface area contributed by atoms with E-state index in [0.29, 0.717) is 11.1 Å². The molecule has 0 spiro atoms. The van der Waals surface area contributed by atoms with Crippen LogP contribution in [0.2, 0.25) is 0 Å². The van der Waals surface area contributed by atoms with E-state index < -0.39 is 34.1 Å². The Kier molecular flexibility index (Phi) is 11.4. The van der Waals surface area contributed by atoms with Crippen LogP contribution in [0.5, 0.6) is 0 Å². The molecule has 0 radical (unpaired) electrons. The van der Waals surface area contributed by atoms with Gasteiger partial charge in [0.05, 0.1) is 10.8 Å². The summed E-state index contributed by atoms with van der Waals surface area (Å²) >= 11 is 0. The van der Waals surface area contributed by atoms with Gasteiger partial charge >= 0.3 is 0 Å². The van der Waals surface area contributed by atoms with Gasteiger partial charge in [-0.1, -0.05) is 195 Å². The van der Waals surface area contributed by atoms with Gasteiger partial charge in [-0.3, -0.25) is 0 Å². The van der Waals surface area contributed by atoms with Crippen molar-refractivity contribution in [2.75, 3.05) is 4.90 Å². The standard InChI is InChI=1S/C72H47F4N/c1-3-46-24-28-52(29-25-46)71(54-38-56(73)42-57(74)39-54)67-22-10-8-20-63(67)65-34-32-61(44-69(65)71)77(60-19-13-18-51(37-60)50-17-12-16-49(36-50)48-14-6-5-7-15-48)62-33-35-66-64-21-9-11-23-68(64)72(70(66)45-62,53-30-26-47(4-2)27-31-53)55-40-58(75)43-59(76)41-55/h3-45H,1-2H2. The van der Waals surface area contributed by atoms with Crippen molar-refractivity contribution in [1.82, 2.24) is 0 Å². The van der Waals surface area contributed by atoms with Gasteiger partial charge in [-0.15, -0.1) is 0 Å². The zero-order valence-electron chi connectivity index (χ0n) is 41.7. The predicted octanol–water partition coefficient (Wildman–Crippen LogP) is 19.1. The molecular weight excluding hydrogens is 955 g/mol. The third-order valence-electron chi connectivity index (χ3n) is 15.7. The fourth-order valence-corrected chi connectivity index (χ4v) is 12.5. The lowest BCUT2D eigenvalue weighted by Crippen LogP contribution is -2.29. The molecule has 2 aliphatic rings. The topological polar surface area (TPSA) is 3.24 Å². The summed E-state index contributed by atoms with van der Waals surface area (Å²) in [7, 11) is 0. The minimum atomic E-state index is -1.18. The normalized spacial score (nSPS) is 15.7. The molecule has 0 N–H and O–H groups in total. The van der Waals surface area contributed by atoms with Gasteiger partial charge in [-0.2, -0.15) is 0 Å². The Hall–Kier alpha value is -9.58. The number of rotatable bonds is 11. The first-order valence-corrected chi connectivity index (χ1v) is 25.6. The second-order valence-corrected chi connectivity index (χ2v) is 19.9. The minimum absolute atomic E-state index is 0.446. The highest BCUT2D eigenvalue weighted by molar-refractivity contribution is 5.93. The molecule has 2 aliphatic carbocycles. The van der Waals surface area contributed by atoms with E-state index in [4.69, 9.17) is 0 Å². The summed E-state index contributed by atoms with van der Waals surface area (Å²) in [6, 6.07) is 79.8. The zero-order valence-corrected chi connectivity index (χ0v) is 41.7. The van der Waals surface area contributed by atoms with Crippen LogP contribution in [0.25, 0.3) is 56.7 Å². The van der Waals surface area contributed by atoms with E-state index in [2.05, 4.69) is 139 Å². The number of nitrogens with zero attached hydrogens (tertiary/aromatic N) is 1. The highest BCUT2D eigenvalue weighted by Gasteiger charge is 2.49. The summed E-state index contributed by atoms with van der Waals surface area (Å²) in [5.74, 6) is -2.73.